The average Bonchev–Trinajstić information content (AvgIpc) is 2.80. The van der Waals surface area contributed by atoms with Crippen LogP contribution in [0.15, 0.2) is 0 Å². The Morgan fingerprint density at radius 3 is 2.12 bits per heavy atom. The molecule has 0 spiro atoms. The highest BCUT2D eigenvalue weighted by atomic mass is 16.5. The standard InChI is InChI=1S/C13H28N2O/c1-4-13(5-2,6-3)15-10-12-8-7-11(9-14)16-12/h11-12,15H,4-10,14H2,1-3H3. The summed E-state index contributed by atoms with van der Waals surface area (Å²) in [5.41, 5.74) is 5.92. The van der Waals surface area contributed by atoms with E-state index in [4.69, 9.17) is 10.5 Å². The van der Waals surface area contributed by atoms with Crippen LogP contribution < -0.4 is 11.1 Å². The van der Waals surface area contributed by atoms with Crippen molar-refractivity contribution < 1.29 is 4.74 Å². The van der Waals surface area contributed by atoms with Gasteiger partial charge in [-0.1, -0.05) is 20.8 Å². The summed E-state index contributed by atoms with van der Waals surface area (Å²) in [6.07, 6.45) is 6.51. The van der Waals surface area contributed by atoms with Crippen LogP contribution in [0.25, 0.3) is 0 Å². The summed E-state index contributed by atoms with van der Waals surface area (Å²) in [4.78, 5) is 0. The number of nitrogens with two attached hydrogens (primary N) is 1. The molecule has 96 valence electrons. The Balaban J connectivity index is 2.33. The third-order valence-corrected chi connectivity index (χ3v) is 4.19. The Labute approximate surface area is 100 Å². The van der Waals surface area contributed by atoms with Crippen LogP contribution in [0.5, 0.6) is 0 Å². The molecule has 3 N–H and O–H groups in total. The molecule has 1 saturated heterocycles. The van der Waals surface area contributed by atoms with Gasteiger partial charge in [0.2, 0.25) is 0 Å². The molecule has 16 heavy (non-hydrogen) atoms. The molecule has 0 aromatic carbocycles. The summed E-state index contributed by atoms with van der Waals surface area (Å²) in [5.74, 6) is 0. The largest absolute Gasteiger partial charge is 0.372 e. The normalized spacial score (nSPS) is 26.2. The van der Waals surface area contributed by atoms with Crippen molar-refractivity contribution in [2.45, 2.75) is 70.6 Å². The fourth-order valence-electron chi connectivity index (χ4n) is 2.56. The molecule has 0 radical (unpaired) electrons. The molecule has 1 heterocycles. The van der Waals surface area contributed by atoms with Crippen molar-refractivity contribution in [3.8, 4) is 0 Å². The van der Waals surface area contributed by atoms with E-state index in [2.05, 4.69) is 26.1 Å². The molecule has 0 aliphatic carbocycles. The Morgan fingerprint density at radius 1 is 1.12 bits per heavy atom. The van der Waals surface area contributed by atoms with Crippen LogP contribution in [-0.4, -0.2) is 30.8 Å². The Morgan fingerprint density at radius 2 is 1.69 bits per heavy atom. The van der Waals surface area contributed by atoms with E-state index in [1.165, 1.54) is 19.3 Å². The van der Waals surface area contributed by atoms with Gasteiger partial charge in [0.1, 0.15) is 0 Å². The summed E-state index contributed by atoms with van der Waals surface area (Å²) in [6, 6.07) is 0. The van der Waals surface area contributed by atoms with Gasteiger partial charge >= 0.3 is 0 Å². The second-order valence-electron chi connectivity index (χ2n) is 4.92. The van der Waals surface area contributed by atoms with E-state index in [1.54, 1.807) is 0 Å². The van der Waals surface area contributed by atoms with Crippen LogP contribution in [0.1, 0.15) is 52.9 Å². The first-order valence-electron chi connectivity index (χ1n) is 6.80. The van der Waals surface area contributed by atoms with Gasteiger partial charge in [0.05, 0.1) is 12.2 Å². The predicted molar refractivity (Wildman–Crippen MR) is 68.6 cm³/mol. The van der Waals surface area contributed by atoms with Crippen LogP contribution in [0.4, 0.5) is 0 Å². The fraction of sp³-hybridized carbons (Fsp3) is 1.00. The van der Waals surface area contributed by atoms with E-state index >= 15 is 0 Å². The van der Waals surface area contributed by atoms with E-state index < -0.39 is 0 Å². The lowest BCUT2D eigenvalue weighted by atomic mass is 9.89. The molecule has 0 amide bonds. The summed E-state index contributed by atoms with van der Waals surface area (Å²) >= 11 is 0. The molecule has 1 fully saturated rings. The Bertz CT molecular complexity index is 184. The Hall–Kier alpha value is -0.120. The molecule has 1 aliphatic rings. The van der Waals surface area contributed by atoms with E-state index in [0.717, 1.165) is 19.4 Å². The minimum Gasteiger partial charge on any atom is -0.372 e. The second-order valence-corrected chi connectivity index (χ2v) is 4.92. The number of hydrogen-bond donors (Lipinski definition) is 2. The molecule has 0 aromatic rings. The van der Waals surface area contributed by atoms with Crippen LogP contribution >= 0.6 is 0 Å². The number of rotatable bonds is 7. The zero-order valence-corrected chi connectivity index (χ0v) is 11.1. The molecule has 1 rings (SSSR count). The van der Waals surface area contributed by atoms with Gasteiger partial charge in [-0.05, 0) is 32.1 Å². The third-order valence-electron chi connectivity index (χ3n) is 4.19. The molecule has 3 heteroatoms. The van der Waals surface area contributed by atoms with Gasteiger partial charge in [-0.3, -0.25) is 0 Å². The third kappa shape index (κ3) is 3.44. The zero-order valence-electron chi connectivity index (χ0n) is 11.1. The molecule has 3 nitrogen and oxygen atoms in total. The highest BCUT2D eigenvalue weighted by Crippen LogP contribution is 2.22. The first-order valence-corrected chi connectivity index (χ1v) is 6.80. The average molecular weight is 228 g/mol. The highest BCUT2D eigenvalue weighted by Gasteiger charge is 2.28. The van der Waals surface area contributed by atoms with Gasteiger partial charge in [0.25, 0.3) is 0 Å². The van der Waals surface area contributed by atoms with Gasteiger partial charge in [0.15, 0.2) is 0 Å². The second kappa shape index (κ2) is 6.58. The van der Waals surface area contributed by atoms with Crippen molar-refractivity contribution >= 4 is 0 Å². The number of nitrogens with one attached hydrogen (secondary N) is 1. The maximum Gasteiger partial charge on any atom is 0.0705 e. The van der Waals surface area contributed by atoms with Crippen molar-refractivity contribution in [2.75, 3.05) is 13.1 Å². The van der Waals surface area contributed by atoms with Crippen LogP contribution in [0.3, 0.4) is 0 Å². The first-order chi connectivity index (χ1) is 7.69. The molecule has 1 aliphatic heterocycles. The summed E-state index contributed by atoms with van der Waals surface area (Å²) in [5, 5.41) is 3.70. The summed E-state index contributed by atoms with van der Waals surface area (Å²) in [6.45, 7) is 8.43. The minimum atomic E-state index is 0.297. The smallest absolute Gasteiger partial charge is 0.0705 e. The van der Waals surface area contributed by atoms with Crippen molar-refractivity contribution in [1.29, 1.82) is 0 Å². The van der Waals surface area contributed by atoms with Crippen molar-refractivity contribution in [3.05, 3.63) is 0 Å². The van der Waals surface area contributed by atoms with Crippen LogP contribution in [-0.2, 0) is 4.74 Å². The van der Waals surface area contributed by atoms with Crippen molar-refractivity contribution in [2.24, 2.45) is 5.73 Å². The molecule has 0 bridgehead atoms. The quantitative estimate of drug-likeness (QED) is 0.701. The number of ether oxygens (including phenoxy) is 1. The van der Waals surface area contributed by atoms with E-state index in [0.29, 0.717) is 24.3 Å². The molecule has 2 atom stereocenters. The first kappa shape index (κ1) is 13.9. The maximum atomic E-state index is 5.85. The predicted octanol–water partition coefficient (Wildman–Crippen LogP) is 2.05. The lowest BCUT2D eigenvalue weighted by Crippen LogP contribution is -2.47. The molecule has 2 unspecified atom stereocenters. The summed E-state index contributed by atoms with van der Waals surface area (Å²) in [7, 11) is 0. The van der Waals surface area contributed by atoms with Gasteiger partial charge < -0.3 is 15.8 Å². The number of hydrogen-bond acceptors (Lipinski definition) is 3. The molecular formula is C13H28N2O. The Kier molecular flexibility index (Phi) is 5.73. The molecule has 0 aromatic heterocycles. The van der Waals surface area contributed by atoms with Gasteiger partial charge in [-0.15, -0.1) is 0 Å². The van der Waals surface area contributed by atoms with Gasteiger partial charge in [-0.2, -0.15) is 0 Å². The monoisotopic (exact) mass is 228 g/mol. The molecule has 0 saturated carbocycles. The van der Waals surface area contributed by atoms with Crippen LogP contribution in [0.2, 0.25) is 0 Å². The van der Waals surface area contributed by atoms with E-state index in [-0.39, 0.29) is 0 Å². The fourth-order valence-corrected chi connectivity index (χ4v) is 2.56. The van der Waals surface area contributed by atoms with Gasteiger partial charge in [0, 0.05) is 18.6 Å². The van der Waals surface area contributed by atoms with Crippen molar-refractivity contribution in [3.63, 3.8) is 0 Å². The van der Waals surface area contributed by atoms with Crippen molar-refractivity contribution in [1.82, 2.24) is 5.32 Å². The van der Waals surface area contributed by atoms with E-state index in [9.17, 15) is 0 Å². The zero-order chi connectivity index (χ0) is 12.0. The SMILES string of the molecule is CCC(CC)(CC)NCC1CCC(CN)O1. The van der Waals surface area contributed by atoms with E-state index in [1.807, 2.05) is 0 Å². The minimum absolute atomic E-state index is 0.297. The van der Waals surface area contributed by atoms with Gasteiger partial charge in [-0.25, -0.2) is 0 Å². The lowest BCUT2D eigenvalue weighted by molar-refractivity contribution is 0.0442. The topological polar surface area (TPSA) is 47.3 Å². The lowest BCUT2D eigenvalue weighted by Gasteiger charge is -2.33. The highest BCUT2D eigenvalue weighted by molar-refractivity contribution is 4.86. The maximum absolute atomic E-state index is 5.85. The van der Waals surface area contributed by atoms with Crippen LogP contribution in [0, 0.1) is 0 Å². The summed E-state index contributed by atoms with van der Waals surface area (Å²) < 4.78 is 5.85. The molecular weight excluding hydrogens is 200 g/mol.